The van der Waals surface area contributed by atoms with Crippen LogP contribution in [0.5, 0.6) is 5.75 Å². The Morgan fingerprint density at radius 2 is 1.93 bits per heavy atom. The Morgan fingerprint density at radius 3 is 2.55 bits per heavy atom. The number of nitrogens with zero attached hydrogens (tertiary/aromatic N) is 3. The van der Waals surface area contributed by atoms with E-state index in [0.717, 1.165) is 19.5 Å². The minimum Gasteiger partial charge on any atom is -0.435 e. The molecule has 2 amide bonds. The second kappa shape index (κ2) is 9.07. The summed E-state index contributed by atoms with van der Waals surface area (Å²) < 4.78 is 29.0. The Morgan fingerprint density at radius 1 is 1.24 bits per heavy atom. The van der Waals surface area contributed by atoms with Gasteiger partial charge < -0.3 is 14.5 Å². The molecule has 0 N–H and O–H groups in total. The van der Waals surface area contributed by atoms with E-state index in [-0.39, 0.29) is 29.8 Å². The molecule has 3 atom stereocenters. The molecule has 2 fully saturated rings. The van der Waals surface area contributed by atoms with Gasteiger partial charge in [-0.15, -0.1) is 0 Å². The highest BCUT2D eigenvalue weighted by Gasteiger charge is 2.43. The fourth-order valence-corrected chi connectivity index (χ4v) is 4.20. The van der Waals surface area contributed by atoms with E-state index < -0.39 is 6.61 Å². The summed E-state index contributed by atoms with van der Waals surface area (Å²) in [6.07, 6.45) is 1.06. The molecule has 1 aromatic carbocycles. The van der Waals surface area contributed by atoms with Crippen LogP contribution >= 0.6 is 0 Å². The molecule has 0 aliphatic carbocycles. The third kappa shape index (κ3) is 4.86. The van der Waals surface area contributed by atoms with Gasteiger partial charge >= 0.3 is 6.61 Å². The standard InChI is InChI=1S/C21H29F2N3O3/c1-4-14(2)11-24-12-15(3)26-18(13-24)25(10-9-19(26)27)20(28)16-5-7-17(8-6-16)29-21(22)23/h5-8,14-15,18,21H,4,9-13H2,1-3H3. The summed E-state index contributed by atoms with van der Waals surface area (Å²) in [6, 6.07) is 5.74. The van der Waals surface area contributed by atoms with Crippen molar-refractivity contribution in [1.82, 2.24) is 14.7 Å². The number of benzene rings is 1. The molecule has 160 valence electrons. The summed E-state index contributed by atoms with van der Waals surface area (Å²) in [5.74, 6) is 0.432. The van der Waals surface area contributed by atoms with Crippen LogP contribution in [0.4, 0.5) is 8.78 Å². The van der Waals surface area contributed by atoms with E-state index in [2.05, 4.69) is 23.5 Å². The zero-order valence-corrected chi connectivity index (χ0v) is 17.2. The van der Waals surface area contributed by atoms with Crippen LogP contribution in [-0.4, -0.2) is 71.5 Å². The number of hydrogen-bond acceptors (Lipinski definition) is 4. The predicted octanol–water partition coefficient (Wildman–Crippen LogP) is 3.04. The summed E-state index contributed by atoms with van der Waals surface area (Å²) in [6.45, 7) is 6.20. The first-order valence-electron chi connectivity index (χ1n) is 10.2. The second-order valence-corrected chi connectivity index (χ2v) is 8.01. The van der Waals surface area contributed by atoms with E-state index >= 15 is 0 Å². The molecule has 0 bridgehead atoms. The number of halogens is 2. The van der Waals surface area contributed by atoms with Gasteiger partial charge in [-0.25, -0.2) is 0 Å². The Hall–Kier alpha value is -2.22. The lowest BCUT2D eigenvalue weighted by Crippen LogP contribution is -2.69. The molecule has 3 rings (SSSR count). The molecule has 0 spiro atoms. The first kappa shape index (κ1) is 21.5. The molecule has 1 aromatic rings. The zero-order valence-electron chi connectivity index (χ0n) is 17.2. The maximum atomic E-state index is 13.2. The molecule has 2 heterocycles. The van der Waals surface area contributed by atoms with Crippen molar-refractivity contribution in [3.05, 3.63) is 29.8 Å². The van der Waals surface area contributed by atoms with Gasteiger partial charge in [0.15, 0.2) is 0 Å². The number of hydrogen-bond donors (Lipinski definition) is 0. The topological polar surface area (TPSA) is 53.1 Å². The van der Waals surface area contributed by atoms with Crippen molar-refractivity contribution >= 4 is 11.8 Å². The lowest BCUT2D eigenvalue weighted by molar-refractivity contribution is -0.152. The van der Waals surface area contributed by atoms with E-state index in [1.807, 2.05) is 11.8 Å². The number of alkyl halides is 2. The van der Waals surface area contributed by atoms with Gasteiger partial charge in [-0.05, 0) is 37.1 Å². The van der Waals surface area contributed by atoms with Crippen molar-refractivity contribution in [2.75, 3.05) is 26.2 Å². The Balaban J connectivity index is 1.78. The molecule has 2 aliphatic rings. The van der Waals surface area contributed by atoms with Crippen LogP contribution in [0.25, 0.3) is 0 Å². The number of carbonyl (C=O) groups excluding carboxylic acids is 2. The van der Waals surface area contributed by atoms with Crippen LogP contribution in [0.1, 0.15) is 44.0 Å². The average Bonchev–Trinajstić information content (AvgIpc) is 2.67. The minimum atomic E-state index is -2.90. The van der Waals surface area contributed by atoms with Crippen LogP contribution in [0.15, 0.2) is 24.3 Å². The van der Waals surface area contributed by atoms with Crippen molar-refractivity contribution in [1.29, 1.82) is 0 Å². The van der Waals surface area contributed by atoms with Gasteiger partial charge in [0.1, 0.15) is 11.9 Å². The third-order valence-corrected chi connectivity index (χ3v) is 5.81. The van der Waals surface area contributed by atoms with Crippen LogP contribution in [0, 0.1) is 5.92 Å². The summed E-state index contributed by atoms with van der Waals surface area (Å²) in [7, 11) is 0. The predicted molar refractivity (Wildman–Crippen MR) is 105 cm³/mol. The van der Waals surface area contributed by atoms with Gasteiger partial charge in [0.2, 0.25) is 5.91 Å². The molecule has 8 heteroatoms. The second-order valence-electron chi connectivity index (χ2n) is 8.01. The van der Waals surface area contributed by atoms with Gasteiger partial charge in [0.25, 0.3) is 5.91 Å². The lowest BCUT2D eigenvalue weighted by atomic mass is 10.0. The average molecular weight is 409 g/mol. The van der Waals surface area contributed by atoms with E-state index in [9.17, 15) is 18.4 Å². The minimum absolute atomic E-state index is 0.0121. The van der Waals surface area contributed by atoms with Crippen molar-refractivity contribution in [3.8, 4) is 5.75 Å². The number of piperazine rings is 1. The van der Waals surface area contributed by atoms with Crippen LogP contribution < -0.4 is 4.74 Å². The highest BCUT2D eigenvalue weighted by atomic mass is 19.3. The zero-order chi connectivity index (χ0) is 21.1. The van der Waals surface area contributed by atoms with Gasteiger partial charge in [-0.1, -0.05) is 20.3 Å². The Bertz CT molecular complexity index is 728. The van der Waals surface area contributed by atoms with Gasteiger partial charge in [-0.2, -0.15) is 8.78 Å². The molecule has 3 unspecified atom stereocenters. The molecular formula is C21H29F2N3O3. The maximum Gasteiger partial charge on any atom is 0.387 e. The van der Waals surface area contributed by atoms with Crippen LogP contribution in [-0.2, 0) is 4.79 Å². The quantitative estimate of drug-likeness (QED) is 0.725. The highest BCUT2D eigenvalue weighted by Crippen LogP contribution is 2.27. The number of fused-ring (bicyclic) bond motifs is 1. The van der Waals surface area contributed by atoms with Crippen LogP contribution in [0.3, 0.4) is 0 Å². The monoisotopic (exact) mass is 409 g/mol. The van der Waals surface area contributed by atoms with E-state index in [4.69, 9.17) is 0 Å². The number of rotatable bonds is 6. The normalized spacial score (nSPS) is 23.9. The number of carbonyl (C=O) groups is 2. The van der Waals surface area contributed by atoms with Crippen molar-refractivity contribution < 1.29 is 23.1 Å². The fourth-order valence-electron chi connectivity index (χ4n) is 4.20. The molecular weight excluding hydrogens is 380 g/mol. The number of amides is 2. The molecule has 0 aromatic heterocycles. The van der Waals surface area contributed by atoms with E-state index in [0.29, 0.717) is 31.0 Å². The van der Waals surface area contributed by atoms with Gasteiger partial charge in [-0.3, -0.25) is 14.5 Å². The maximum absolute atomic E-state index is 13.2. The highest BCUT2D eigenvalue weighted by molar-refractivity contribution is 5.95. The molecule has 2 aliphatic heterocycles. The molecule has 6 nitrogen and oxygen atoms in total. The molecule has 29 heavy (non-hydrogen) atoms. The summed E-state index contributed by atoms with van der Waals surface area (Å²) in [5.41, 5.74) is 0.396. The van der Waals surface area contributed by atoms with E-state index in [1.54, 1.807) is 4.90 Å². The first-order chi connectivity index (χ1) is 13.8. The van der Waals surface area contributed by atoms with Crippen molar-refractivity contribution in [2.24, 2.45) is 5.92 Å². The summed E-state index contributed by atoms with van der Waals surface area (Å²) in [4.78, 5) is 31.6. The fraction of sp³-hybridized carbons (Fsp3) is 0.619. The molecule has 0 saturated carbocycles. The summed E-state index contributed by atoms with van der Waals surface area (Å²) in [5, 5.41) is 0. The summed E-state index contributed by atoms with van der Waals surface area (Å²) >= 11 is 0. The Kier molecular flexibility index (Phi) is 6.72. The van der Waals surface area contributed by atoms with Gasteiger partial charge in [0.05, 0.1) is 0 Å². The van der Waals surface area contributed by atoms with E-state index in [1.165, 1.54) is 24.3 Å². The van der Waals surface area contributed by atoms with Crippen molar-refractivity contribution in [2.45, 2.75) is 52.4 Å². The van der Waals surface area contributed by atoms with Crippen LogP contribution in [0.2, 0.25) is 0 Å². The largest absolute Gasteiger partial charge is 0.435 e. The Labute approximate surface area is 170 Å². The smallest absolute Gasteiger partial charge is 0.387 e. The SMILES string of the molecule is CCC(C)CN1CC(C)N2C(=O)CCN(C(=O)c3ccc(OC(F)F)cc3)C2C1. The van der Waals surface area contributed by atoms with Crippen molar-refractivity contribution in [3.63, 3.8) is 0 Å². The third-order valence-electron chi connectivity index (χ3n) is 5.81. The lowest BCUT2D eigenvalue weighted by Gasteiger charge is -2.52. The van der Waals surface area contributed by atoms with Gasteiger partial charge in [0, 0.05) is 44.2 Å². The first-order valence-corrected chi connectivity index (χ1v) is 10.2. The molecule has 0 radical (unpaired) electrons. The molecule has 2 saturated heterocycles. The number of ether oxygens (including phenoxy) is 1.